The summed E-state index contributed by atoms with van der Waals surface area (Å²) in [6.45, 7) is 0. The van der Waals surface area contributed by atoms with Crippen molar-refractivity contribution in [1.29, 1.82) is 0 Å². The standard InChI is InChI=1S/C22H19FNO2.CHF3O3S/c1-24-19(14-21(25)16-6-3-2-4-7-16)8-5-9-20(24)15-22(26)17-10-12-18(23)13-11-17;2-1(3,4)8(5,6)7/h2-13H,14-15H2,1H3;(H,5,6,7)/q+1;/p-1. The molecule has 180 valence electrons. The molecule has 3 rings (SSSR count). The summed E-state index contributed by atoms with van der Waals surface area (Å²) in [6, 6.07) is 20.3. The normalized spacial score (nSPS) is 11.4. The predicted molar refractivity (Wildman–Crippen MR) is 112 cm³/mol. The summed E-state index contributed by atoms with van der Waals surface area (Å²) in [6.07, 6.45) is 0.453. The number of ketones is 2. The highest BCUT2D eigenvalue weighted by Crippen LogP contribution is 2.20. The first-order valence-corrected chi connectivity index (χ1v) is 11.1. The largest absolute Gasteiger partial charge is 0.741 e. The molecule has 0 fully saturated rings. The molecule has 1 aromatic heterocycles. The fourth-order valence-corrected chi connectivity index (χ4v) is 2.83. The van der Waals surface area contributed by atoms with Crippen molar-refractivity contribution in [3.8, 4) is 0 Å². The quantitative estimate of drug-likeness (QED) is 0.171. The molecule has 34 heavy (non-hydrogen) atoms. The molecule has 0 saturated heterocycles. The number of carbonyl (C=O) groups is 2. The van der Waals surface area contributed by atoms with E-state index < -0.39 is 15.6 Å². The third-order valence-corrected chi connectivity index (χ3v) is 5.23. The van der Waals surface area contributed by atoms with Gasteiger partial charge in [0.25, 0.3) is 0 Å². The van der Waals surface area contributed by atoms with Crippen LogP contribution in [0.5, 0.6) is 0 Å². The number of rotatable bonds is 6. The topological polar surface area (TPSA) is 95.2 Å². The van der Waals surface area contributed by atoms with E-state index in [4.69, 9.17) is 13.0 Å². The maximum atomic E-state index is 13.0. The van der Waals surface area contributed by atoms with Crippen LogP contribution >= 0.6 is 0 Å². The molecule has 0 spiro atoms. The Hall–Kier alpha value is -3.44. The van der Waals surface area contributed by atoms with E-state index in [0.717, 1.165) is 11.4 Å². The Labute approximate surface area is 193 Å². The lowest BCUT2D eigenvalue weighted by Crippen LogP contribution is -2.40. The highest BCUT2D eigenvalue weighted by Gasteiger charge is 2.36. The number of hydrogen-bond donors (Lipinski definition) is 0. The van der Waals surface area contributed by atoms with Gasteiger partial charge in [-0.2, -0.15) is 13.2 Å². The fraction of sp³-hybridized carbons (Fsp3) is 0.174. The number of halogens is 4. The van der Waals surface area contributed by atoms with Crippen LogP contribution in [-0.4, -0.2) is 30.0 Å². The minimum Gasteiger partial charge on any atom is -0.741 e. The van der Waals surface area contributed by atoms with Gasteiger partial charge in [-0.25, -0.2) is 17.4 Å². The van der Waals surface area contributed by atoms with Crippen molar-refractivity contribution < 1.29 is 44.7 Å². The highest BCUT2D eigenvalue weighted by molar-refractivity contribution is 7.86. The Morgan fingerprint density at radius 1 is 0.794 bits per heavy atom. The van der Waals surface area contributed by atoms with Crippen molar-refractivity contribution in [3.63, 3.8) is 0 Å². The van der Waals surface area contributed by atoms with Crippen LogP contribution in [-0.2, 0) is 30.0 Å². The lowest BCUT2D eigenvalue weighted by molar-refractivity contribution is -0.685. The van der Waals surface area contributed by atoms with Crippen LogP contribution < -0.4 is 4.57 Å². The van der Waals surface area contributed by atoms with Gasteiger partial charge in [0.15, 0.2) is 33.1 Å². The van der Waals surface area contributed by atoms with Crippen LogP contribution in [0, 0.1) is 5.82 Å². The average molecular weight is 497 g/mol. The number of carbonyl (C=O) groups excluding carboxylic acids is 2. The molecule has 0 amide bonds. The van der Waals surface area contributed by atoms with E-state index in [2.05, 4.69) is 0 Å². The van der Waals surface area contributed by atoms with Gasteiger partial charge in [-0.05, 0) is 30.3 Å². The van der Waals surface area contributed by atoms with Crippen molar-refractivity contribution in [3.05, 3.63) is 101 Å². The van der Waals surface area contributed by atoms with E-state index in [1.165, 1.54) is 24.3 Å². The van der Waals surface area contributed by atoms with Gasteiger partial charge in [-0.15, -0.1) is 0 Å². The molecular formula is C23H19F4NO5S. The lowest BCUT2D eigenvalue weighted by Gasteiger charge is -2.08. The van der Waals surface area contributed by atoms with Gasteiger partial charge < -0.3 is 4.55 Å². The van der Waals surface area contributed by atoms with Gasteiger partial charge in [-0.1, -0.05) is 30.3 Å². The number of aromatic nitrogens is 1. The van der Waals surface area contributed by atoms with Crippen LogP contribution in [0.1, 0.15) is 32.1 Å². The third kappa shape index (κ3) is 7.56. The Morgan fingerprint density at radius 2 is 1.21 bits per heavy atom. The number of alkyl halides is 3. The van der Waals surface area contributed by atoms with Crippen molar-refractivity contribution in [1.82, 2.24) is 0 Å². The second-order valence-electron chi connectivity index (χ2n) is 7.04. The molecule has 3 aromatic rings. The number of pyridine rings is 1. The van der Waals surface area contributed by atoms with Gasteiger partial charge >= 0.3 is 5.51 Å². The molecule has 0 aliphatic rings. The maximum Gasteiger partial charge on any atom is 0.485 e. The van der Waals surface area contributed by atoms with Crippen LogP contribution in [0.3, 0.4) is 0 Å². The van der Waals surface area contributed by atoms with E-state index in [9.17, 15) is 27.2 Å². The van der Waals surface area contributed by atoms with Crippen molar-refractivity contribution in [2.45, 2.75) is 18.3 Å². The molecular weight excluding hydrogens is 478 g/mol. The summed E-state index contributed by atoms with van der Waals surface area (Å²) in [4.78, 5) is 24.9. The van der Waals surface area contributed by atoms with Crippen molar-refractivity contribution >= 4 is 21.7 Å². The second-order valence-corrected chi connectivity index (χ2v) is 8.41. The molecule has 0 bridgehead atoms. The zero-order valence-corrected chi connectivity index (χ0v) is 18.6. The Bertz CT molecular complexity index is 1260. The van der Waals surface area contributed by atoms with Crippen molar-refractivity contribution in [2.24, 2.45) is 7.05 Å². The molecule has 11 heteroatoms. The number of benzene rings is 2. The van der Waals surface area contributed by atoms with Gasteiger partial charge in [0.2, 0.25) is 0 Å². The summed E-state index contributed by atoms with van der Waals surface area (Å²) in [5.74, 6) is -0.427. The van der Waals surface area contributed by atoms with Crippen LogP contribution in [0.2, 0.25) is 0 Å². The van der Waals surface area contributed by atoms with E-state index >= 15 is 0 Å². The maximum absolute atomic E-state index is 13.0. The molecule has 2 aromatic carbocycles. The first-order valence-electron chi connectivity index (χ1n) is 9.65. The fourth-order valence-electron chi connectivity index (χ4n) is 2.83. The first kappa shape index (κ1) is 26.8. The van der Waals surface area contributed by atoms with Crippen LogP contribution in [0.15, 0.2) is 72.8 Å². The predicted octanol–water partition coefficient (Wildman–Crippen LogP) is 3.55. The SMILES string of the molecule is C[n+]1c(CC(=O)c2ccccc2)cccc1CC(=O)c1ccc(F)cc1.O=S(=O)([O-])C(F)(F)F. The minimum atomic E-state index is -6.09. The zero-order chi connectivity index (χ0) is 25.5. The van der Waals surface area contributed by atoms with E-state index in [-0.39, 0.29) is 30.2 Å². The summed E-state index contributed by atoms with van der Waals surface area (Å²) >= 11 is 0. The first-order chi connectivity index (χ1) is 15.8. The summed E-state index contributed by atoms with van der Waals surface area (Å²) in [5.41, 5.74) is -2.87. The molecule has 0 aliphatic heterocycles. The smallest absolute Gasteiger partial charge is 0.485 e. The van der Waals surface area contributed by atoms with Gasteiger partial charge in [0, 0.05) is 23.3 Å². The van der Waals surface area contributed by atoms with E-state index in [1.807, 2.05) is 48.0 Å². The summed E-state index contributed by atoms with van der Waals surface area (Å²) < 4.78 is 73.8. The molecule has 0 saturated carbocycles. The molecule has 1 heterocycles. The highest BCUT2D eigenvalue weighted by atomic mass is 32.2. The molecule has 0 atom stereocenters. The summed E-state index contributed by atoms with van der Waals surface area (Å²) in [5, 5.41) is 0. The number of Topliss-reactive ketones (excluding diaryl/α,β-unsaturated/α-hetero) is 2. The van der Waals surface area contributed by atoms with Crippen molar-refractivity contribution in [2.75, 3.05) is 0 Å². The molecule has 0 N–H and O–H groups in total. The van der Waals surface area contributed by atoms with Gasteiger partial charge in [-0.3, -0.25) is 9.59 Å². The van der Waals surface area contributed by atoms with Crippen LogP contribution in [0.4, 0.5) is 17.6 Å². The minimum absolute atomic E-state index is 0.0308. The second kappa shape index (κ2) is 11.1. The van der Waals surface area contributed by atoms with E-state index in [1.54, 1.807) is 12.1 Å². The summed E-state index contributed by atoms with van der Waals surface area (Å²) in [7, 11) is -4.24. The molecule has 0 unspecified atom stereocenters. The van der Waals surface area contributed by atoms with Crippen LogP contribution in [0.25, 0.3) is 0 Å². The third-order valence-electron chi connectivity index (χ3n) is 4.67. The molecule has 0 radical (unpaired) electrons. The molecule has 6 nitrogen and oxygen atoms in total. The monoisotopic (exact) mass is 497 g/mol. The van der Waals surface area contributed by atoms with Gasteiger partial charge in [0.1, 0.15) is 12.9 Å². The average Bonchev–Trinajstić information content (AvgIpc) is 2.76. The van der Waals surface area contributed by atoms with E-state index in [0.29, 0.717) is 11.1 Å². The Morgan fingerprint density at radius 3 is 1.62 bits per heavy atom. The zero-order valence-electron chi connectivity index (χ0n) is 17.8. The lowest BCUT2D eigenvalue weighted by atomic mass is 10.0. The number of nitrogens with zero attached hydrogens (tertiary/aromatic N) is 1. The Kier molecular flexibility index (Phi) is 8.77. The molecule has 0 aliphatic carbocycles. The Balaban J connectivity index is 0.000000440. The van der Waals surface area contributed by atoms with Gasteiger partial charge in [0.05, 0.1) is 12.8 Å². The number of hydrogen-bond acceptors (Lipinski definition) is 5.